The minimum Gasteiger partial charge on any atom is -0.467 e. The summed E-state index contributed by atoms with van der Waals surface area (Å²) in [7, 11) is 1.37. The molecule has 84 valence electrons. The SMILES string of the molecule is COC(=O)[C@@H]1CCC(c2cnccc2Cl)=N1. The van der Waals surface area contributed by atoms with Crippen molar-refractivity contribution in [1.29, 1.82) is 0 Å². The first-order valence-electron chi connectivity index (χ1n) is 4.96. The lowest BCUT2D eigenvalue weighted by Crippen LogP contribution is -2.16. The van der Waals surface area contributed by atoms with Gasteiger partial charge in [-0.05, 0) is 18.9 Å². The molecule has 0 aromatic carbocycles. The number of esters is 1. The maximum atomic E-state index is 11.3. The molecule has 0 saturated carbocycles. The highest BCUT2D eigenvalue weighted by Gasteiger charge is 2.26. The smallest absolute Gasteiger partial charge is 0.330 e. The van der Waals surface area contributed by atoms with E-state index in [0.717, 1.165) is 17.7 Å². The molecule has 2 rings (SSSR count). The van der Waals surface area contributed by atoms with Gasteiger partial charge in [0.1, 0.15) is 6.04 Å². The van der Waals surface area contributed by atoms with Gasteiger partial charge < -0.3 is 4.74 Å². The van der Waals surface area contributed by atoms with E-state index in [4.69, 9.17) is 11.6 Å². The number of hydrogen-bond acceptors (Lipinski definition) is 4. The van der Waals surface area contributed by atoms with Crippen molar-refractivity contribution in [2.24, 2.45) is 4.99 Å². The fraction of sp³-hybridized carbons (Fsp3) is 0.364. The largest absolute Gasteiger partial charge is 0.467 e. The molecule has 0 amide bonds. The Labute approximate surface area is 98.3 Å². The van der Waals surface area contributed by atoms with Crippen LogP contribution in [0.1, 0.15) is 18.4 Å². The molecule has 4 nitrogen and oxygen atoms in total. The second kappa shape index (κ2) is 4.61. The molecular formula is C11H11ClN2O2. The van der Waals surface area contributed by atoms with E-state index in [-0.39, 0.29) is 5.97 Å². The van der Waals surface area contributed by atoms with Gasteiger partial charge >= 0.3 is 5.97 Å². The molecule has 1 aromatic rings. The van der Waals surface area contributed by atoms with Crippen molar-refractivity contribution in [3.05, 3.63) is 29.0 Å². The fourth-order valence-corrected chi connectivity index (χ4v) is 1.91. The van der Waals surface area contributed by atoms with Crippen molar-refractivity contribution in [2.45, 2.75) is 18.9 Å². The number of pyridine rings is 1. The van der Waals surface area contributed by atoms with Gasteiger partial charge in [-0.15, -0.1) is 0 Å². The zero-order valence-corrected chi connectivity index (χ0v) is 9.57. The normalized spacial score (nSPS) is 19.4. The zero-order valence-electron chi connectivity index (χ0n) is 8.81. The predicted octanol–water partition coefficient (Wildman–Crippen LogP) is 1.86. The number of aromatic nitrogens is 1. The third-order valence-corrected chi connectivity index (χ3v) is 2.85. The molecule has 1 aliphatic rings. The average Bonchev–Trinajstić information content (AvgIpc) is 2.78. The van der Waals surface area contributed by atoms with Crippen LogP contribution in [0, 0.1) is 0 Å². The average molecular weight is 239 g/mol. The molecule has 0 saturated heterocycles. The third-order valence-electron chi connectivity index (χ3n) is 2.52. The summed E-state index contributed by atoms with van der Waals surface area (Å²) in [4.78, 5) is 19.6. The minimum absolute atomic E-state index is 0.296. The molecule has 0 bridgehead atoms. The Kier molecular flexibility index (Phi) is 3.19. The summed E-state index contributed by atoms with van der Waals surface area (Å²) >= 11 is 6.03. The van der Waals surface area contributed by atoms with Crippen LogP contribution in [0.15, 0.2) is 23.5 Å². The third kappa shape index (κ3) is 2.07. The van der Waals surface area contributed by atoms with E-state index in [1.807, 2.05) is 0 Å². The van der Waals surface area contributed by atoms with Crippen LogP contribution in [0.2, 0.25) is 5.02 Å². The number of carbonyl (C=O) groups is 1. The number of methoxy groups -OCH3 is 1. The Morgan fingerprint density at radius 2 is 2.44 bits per heavy atom. The Hall–Kier alpha value is -1.42. The lowest BCUT2D eigenvalue weighted by atomic mass is 10.1. The van der Waals surface area contributed by atoms with Crippen LogP contribution < -0.4 is 0 Å². The topological polar surface area (TPSA) is 51.5 Å². The van der Waals surface area contributed by atoms with Crippen LogP contribution in [0.3, 0.4) is 0 Å². The molecule has 1 atom stereocenters. The highest BCUT2D eigenvalue weighted by molar-refractivity contribution is 6.34. The summed E-state index contributed by atoms with van der Waals surface area (Å²) in [6, 6.07) is 1.32. The standard InChI is InChI=1S/C11H11ClN2O2/c1-16-11(15)10-3-2-9(14-10)7-6-13-5-4-8(7)12/h4-6,10H,2-3H2,1H3/t10-/m0/s1. The lowest BCUT2D eigenvalue weighted by Gasteiger charge is -2.02. The Morgan fingerprint density at radius 3 is 3.12 bits per heavy atom. The molecule has 0 spiro atoms. The fourth-order valence-electron chi connectivity index (χ4n) is 1.69. The molecule has 0 fully saturated rings. The molecule has 2 heterocycles. The Balaban J connectivity index is 2.25. The van der Waals surface area contributed by atoms with Gasteiger partial charge in [-0.2, -0.15) is 0 Å². The molecule has 0 aliphatic carbocycles. The number of rotatable bonds is 2. The first-order chi connectivity index (χ1) is 7.72. The second-order valence-corrected chi connectivity index (χ2v) is 3.92. The van der Waals surface area contributed by atoms with Crippen LogP contribution in [-0.2, 0) is 9.53 Å². The van der Waals surface area contributed by atoms with Gasteiger partial charge in [0.15, 0.2) is 0 Å². The van der Waals surface area contributed by atoms with E-state index in [1.54, 1.807) is 18.5 Å². The number of hydrogen-bond donors (Lipinski definition) is 0. The molecule has 0 N–H and O–H groups in total. The van der Waals surface area contributed by atoms with Gasteiger partial charge in [-0.25, -0.2) is 4.79 Å². The summed E-state index contributed by atoms with van der Waals surface area (Å²) in [6.07, 6.45) is 4.69. The van der Waals surface area contributed by atoms with Gasteiger partial charge in [0.05, 0.1) is 12.1 Å². The van der Waals surface area contributed by atoms with Crippen molar-refractivity contribution in [1.82, 2.24) is 4.98 Å². The Morgan fingerprint density at radius 1 is 1.62 bits per heavy atom. The van der Waals surface area contributed by atoms with Crippen LogP contribution in [0.4, 0.5) is 0 Å². The van der Waals surface area contributed by atoms with Gasteiger partial charge in [-0.1, -0.05) is 11.6 Å². The highest BCUT2D eigenvalue weighted by Crippen LogP contribution is 2.23. The number of aliphatic imine (C=N–C) groups is 1. The molecule has 5 heteroatoms. The lowest BCUT2D eigenvalue weighted by molar-refractivity contribution is -0.141. The summed E-state index contributed by atoms with van der Waals surface area (Å²) in [5, 5.41) is 0.610. The van der Waals surface area contributed by atoms with Crippen molar-refractivity contribution >= 4 is 23.3 Å². The monoisotopic (exact) mass is 238 g/mol. The van der Waals surface area contributed by atoms with Crippen molar-refractivity contribution in [2.75, 3.05) is 7.11 Å². The zero-order chi connectivity index (χ0) is 11.5. The quantitative estimate of drug-likeness (QED) is 0.739. The molecule has 0 unspecified atom stereocenters. The first-order valence-corrected chi connectivity index (χ1v) is 5.34. The maximum Gasteiger partial charge on any atom is 0.330 e. The molecule has 16 heavy (non-hydrogen) atoms. The van der Waals surface area contributed by atoms with Crippen LogP contribution in [0.5, 0.6) is 0 Å². The second-order valence-electron chi connectivity index (χ2n) is 3.51. The van der Waals surface area contributed by atoms with Crippen molar-refractivity contribution in [3.8, 4) is 0 Å². The maximum absolute atomic E-state index is 11.3. The van der Waals surface area contributed by atoms with E-state index in [9.17, 15) is 4.79 Å². The first kappa shape index (κ1) is 11.1. The molecule has 0 radical (unpaired) electrons. The minimum atomic E-state index is -0.392. The van der Waals surface area contributed by atoms with Gasteiger partial charge in [0, 0.05) is 23.7 Å². The summed E-state index contributed by atoms with van der Waals surface area (Å²) in [5.74, 6) is -0.296. The number of carbonyl (C=O) groups excluding carboxylic acids is 1. The van der Waals surface area contributed by atoms with Crippen LogP contribution >= 0.6 is 11.6 Å². The van der Waals surface area contributed by atoms with Gasteiger partial charge in [0.2, 0.25) is 0 Å². The van der Waals surface area contributed by atoms with Gasteiger partial charge in [-0.3, -0.25) is 9.98 Å². The van der Waals surface area contributed by atoms with Crippen molar-refractivity contribution in [3.63, 3.8) is 0 Å². The van der Waals surface area contributed by atoms with Gasteiger partial charge in [0.25, 0.3) is 0 Å². The summed E-state index contributed by atoms with van der Waals surface area (Å²) < 4.78 is 4.65. The molecule has 1 aliphatic heterocycles. The molecule has 1 aromatic heterocycles. The highest BCUT2D eigenvalue weighted by atomic mass is 35.5. The number of ether oxygens (including phenoxy) is 1. The van der Waals surface area contributed by atoms with E-state index in [2.05, 4.69) is 14.7 Å². The summed E-state index contributed by atoms with van der Waals surface area (Å²) in [5.41, 5.74) is 1.63. The van der Waals surface area contributed by atoms with Crippen LogP contribution in [0.25, 0.3) is 0 Å². The van der Waals surface area contributed by atoms with E-state index < -0.39 is 6.04 Å². The molecular weight excluding hydrogens is 228 g/mol. The van der Waals surface area contributed by atoms with Crippen LogP contribution in [-0.4, -0.2) is 29.8 Å². The van der Waals surface area contributed by atoms with E-state index >= 15 is 0 Å². The number of nitrogens with zero attached hydrogens (tertiary/aromatic N) is 2. The van der Waals surface area contributed by atoms with E-state index in [0.29, 0.717) is 11.4 Å². The predicted molar refractivity (Wildman–Crippen MR) is 60.8 cm³/mol. The van der Waals surface area contributed by atoms with Crippen molar-refractivity contribution < 1.29 is 9.53 Å². The Bertz CT molecular complexity index is 445. The van der Waals surface area contributed by atoms with E-state index in [1.165, 1.54) is 7.11 Å². The number of halogens is 1. The summed E-state index contributed by atoms with van der Waals surface area (Å²) in [6.45, 7) is 0.